The van der Waals surface area contributed by atoms with Gasteiger partial charge in [-0.3, -0.25) is 4.79 Å². The second-order valence-corrected chi connectivity index (χ2v) is 7.90. The molecule has 0 aliphatic heterocycles. The average Bonchev–Trinajstić information content (AvgIpc) is 3.58. The standard InChI is InChI=1S/C22H23N3O4S/c1-12-5-8-19(28-3)18(9-12)24-20(26)13(2)29-22(27)15-10-17(14-6-7-14)25-21(30-4)16(15)11-23/h5,8-10,13-14H,6-7H2,1-4H3,(H,24,26). The van der Waals surface area contributed by atoms with Crippen LogP contribution in [-0.2, 0) is 9.53 Å². The molecule has 1 aliphatic rings. The van der Waals surface area contributed by atoms with Crippen molar-refractivity contribution in [3.63, 3.8) is 0 Å². The maximum Gasteiger partial charge on any atom is 0.340 e. The average molecular weight is 426 g/mol. The van der Waals surface area contributed by atoms with Crippen molar-refractivity contribution in [2.45, 2.75) is 43.7 Å². The van der Waals surface area contributed by atoms with Crippen LogP contribution in [0.3, 0.4) is 0 Å². The molecule has 1 amide bonds. The first kappa shape index (κ1) is 21.7. The van der Waals surface area contributed by atoms with Gasteiger partial charge in [-0.05, 0) is 56.7 Å². The first-order chi connectivity index (χ1) is 14.4. The highest BCUT2D eigenvalue weighted by molar-refractivity contribution is 7.98. The molecule has 1 unspecified atom stereocenters. The van der Waals surface area contributed by atoms with Crippen LogP contribution in [0.4, 0.5) is 5.69 Å². The lowest BCUT2D eigenvalue weighted by molar-refractivity contribution is -0.123. The predicted molar refractivity (Wildman–Crippen MR) is 114 cm³/mol. The third kappa shape index (κ3) is 4.74. The Kier molecular flexibility index (Phi) is 6.63. The van der Waals surface area contributed by atoms with Crippen LogP contribution in [0.15, 0.2) is 29.3 Å². The van der Waals surface area contributed by atoms with Crippen molar-refractivity contribution < 1.29 is 19.1 Å². The van der Waals surface area contributed by atoms with Gasteiger partial charge in [0.05, 0.1) is 23.9 Å². The third-order valence-corrected chi connectivity index (χ3v) is 5.47. The summed E-state index contributed by atoms with van der Waals surface area (Å²) in [6.45, 7) is 3.38. The minimum absolute atomic E-state index is 0.145. The second kappa shape index (κ2) is 9.18. The van der Waals surface area contributed by atoms with Gasteiger partial charge in [0.15, 0.2) is 6.10 Å². The fourth-order valence-corrected chi connectivity index (χ4v) is 3.53. The second-order valence-electron chi connectivity index (χ2n) is 7.11. The van der Waals surface area contributed by atoms with E-state index in [1.54, 1.807) is 24.5 Å². The smallest absolute Gasteiger partial charge is 0.340 e. The minimum atomic E-state index is -1.07. The van der Waals surface area contributed by atoms with Gasteiger partial charge in [-0.2, -0.15) is 5.26 Å². The fraction of sp³-hybridized carbons (Fsp3) is 0.364. The Bertz CT molecular complexity index is 1030. The van der Waals surface area contributed by atoms with Crippen LogP contribution < -0.4 is 10.1 Å². The van der Waals surface area contributed by atoms with Crippen LogP contribution in [0.2, 0.25) is 0 Å². The van der Waals surface area contributed by atoms with Crippen LogP contribution in [0, 0.1) is 18.3 Å². The van der Waals surface area contributed by atoms with Gasteiger partial charge in [0.1, 0.15) is 16.8 Å². The van der Waals surface area contributed by atoms with Crippen LogP contribution >= 0.6 is 11.8 Å². The van der Waals surface area contributed by atoms with Crippen molar-refractivity contribution in [1.29, 1.82) is 5.26 Å². The Hall–Kier alpha value is -3.05. The number of nitrogens with one attached hydrogen (secondary N) is 1. The number of pyridine rings is 1. The normalized spacial score (nSPS) is 13.8. The zero-order valence-electron chi connectivity index (χ0n) is 17.3. The molecular formula is C22H23N3O4S. The zero-order chi connectivity index (χ0) is 21.8. The summed E-state index contributed by atoms with van der Waals surface area (Å²) in [4.78, 5) is 29.9. The first-order valence-electron chi connectivity index (χ1n) is 9.53. The van der Waals surface area contributed by atoms with Gasteiger partial charge in [0.25, 0.3) is 5.91 Å². The number of amides is 1. The number of methoxy groups -OCH3 is 1. The molecule has 7 nitrogen and oxygen atoms in total. The molecule has 1 aromatic carbocycles. The molecule has 0 radical (unpaired) electrons. The van der Waals surface area contributed by atoms with Crippen molar-refractivity contribution in [2.24, 2.45) is 0 Å². The summed E-state index contributed by atoms with van der Waals surface area (Å²) in [5.74, 6) is -0.394. The highest BCUT2D eigenvalue weighted by Gasteiger charge is 2.30. The van der Waals surface area contributed by atoms with Crippen molar-refractivity contribution in [3.05, 3.63) is 46.6 Å². The number of hydrogen-bond donors (Lipinski definition) is 1. The maximum atomic E-state index is 12.8. The Labute approximate surface area is 179 Å². The van der Waals surface area contributed by atoms with Gasteiger partial charge in [0, 0.05) is 11.6 Å². The molecule has 1 atom stereocenters. The Balaban J connectivity index is 1.79. The molecule has 30 heavy (non-hydrogen) atoms. The molecule has 1 fully saturated rings. The van der Waals surface area contributed by atoms with E-state index in [4.69, 9.17) is 9.47 Å². The SMILES string of the molecule is COc1ccc(C)cc1NC(=O)C(C)OC(=O)c1cc(C2CC2)nc(SC)c1C#N. The van der Waals surface area contributed by atoms with E-state index >= 15 is 0 Å². The molecule has 0 spiro atoms. The molecule has 2 aromatic rings. The monoisotopic (exact) mass is 425 g/mol. The van der Waals surface area contributed by atoms with Crippen LogP contribution in [0.5, 0.6) is 5.75 Å². The first-order valence-corrected chi connectivity index (χ1v) is 10.8. The summed E-state index contributed by atoms with van der Waals surface area (Å²) >= 11 is 1.31. The summed E-state index contributed by atoms with van der Waals surface area (Å²) < 4.78 is 10.7. The van der Waals surface area contributed by atoms with Crippen molar-refractivity contribution in [1.82, 2.24) is 4.98 Å². The molecule has 3 rings (SSSR count). The van der Waals surface area contributed by atoms with Gasteiger partial charge in [0.2, 0.25) is 0 Å². The number of carbonyl (C=O) groups is 2. The number of thioether (sulfide) groups is 1. The van der Waals surface area contributed by atoms with Gasteiger partial charge in [-0.1, -0.05) is 6.07 Å². The number of aryl methyl sites for hydroxylation is 1. The maximum absolute atomic E-state index is 12.8. The number of aromatic nitrogens is 1. The van der Waals surface area contributed by atoms with E-state index in [-0.39, 0.29) is 11.1 Å². The van der Waals surface area contributed by atoms with E-state index < -0.39 is 18.0 Å². The van der Waals surface area contributed by atoms with E-state index in [1.165, 1.54) is 25.8 Å². The Morgan fingerprint density at radius 1 is 1.33 bits per heavy atom. The molecule has 156 valence electrons. The lowest BCUT2D eigenvalue weighted by Gasteiger charge is -2.16. The van der Waals surface area contributed by atoms with E-state index in [0.29, 0.717) is 22.4 Å². The van der Waals surface area contributed by atoms with Gasteiger partial charge in [-0.15, -0.1) is 11.8 Å². The summed E-state index contributed by atoms with van der Waals surface area (Å²) in [7, 11) is 1.51. The predicted octanol–water partition coefficient (Wildman–Crippen LogP) is 4.05. The molecule has 1 saturated carbocycles. The summed E-state index contributed by atoms with van der Waals surface area (Å²) in [6.07, 6.45) is 2.77. The minimum Gasteiger partial charge on any atom is -0.495 e. The summed E-state index contributed by atoms with van der Waals surface area (Å²) in [5.41, 5.74) is 2.54. The third-order valence-electron chi connectivity index (χ3n) is 4.79. The molecule has 1 aromatic heterocycles. The molecule has 1 N–H and O–H groups in total. The van der Waals surface area contributed by atoms with Crippen molar-refractivity contribution >= 4 is 29.3 Å². The number of esters is 1. The zero-order valence-corrected chi connectivity index (χ0v) is 18.1. The number of rotatable bonds is 7. The van der Waals surface area contributed by atoms with Gasteiger partial charge >= 0.3 is 5.97 Å². The molecule has 1 aliphatic carbocycles. The number of anilines is 1. The fourth-order valence-electron chi connectivity index (χ4n) is 2.98. The molecule has 0 bridgehead atoms. The number of nitriles is 1. The molecule has 0 saturated heterocycles. The highest BCUT2D eigenvalue weighted by Crippen LogP contribution is 2.40. The van der Waals surface area contributed by atoms with Gasteiger partial charge in [-0.25, -0.2) is 9.78 Å². The largest absolute Gasteiger partial charge is 0.495 e. The van der Waals surface area contributed by atoms with Crippen LogP contribution in [0.1, 0.15) is 52.9 Å². The lowest BCUT2D eigenvalue weighted by Crippen LogP contribution is -2.30. The van der Waals surface area contributed by atoms with E-state index in [2.05, 4.69) is 10.3 Å². The number of benzene rings is 1. The number of nitrogens with zero attached hydrogens (tertiary/aromatic N) is 2. The van der Waals surface area contributed by atoms with Crippen molar-refractivity contribution in [2.75, 3.05) is 18.7 Å². The van der Waals surface area contributed by atoms with E-state index in [9.17, 15) is 14.9 Å². The number of hydrogen-bond acceptors (Lipinski definition) is 7. The van der Waals surface area contributed by atoms with E-state index in [0.717, 1.165) is 24.1 Å². The summed E-state index contributed by atoms with van der Waals surface area (Å²) in [5, 5.41) is 12.8. The number of carbonyl (C=O) groups excluding carboxylic acids is 2. The lowest BCUT2D eigenvalue weighted by atomic mass is 10.1. The van der Waals surface area contributed by atoms with Crippen LogP contribution in [-0.4, -0.2) is 36.3 Å². The highest BCUT2D eigenvalue weighted by atomic mass is 32.2. The molecule has 1 heterocycles. The topological polar surface area (TPSA) is 101 Å². The Morgan fingerprint density at radius 3 is 2.67 bits per heavy atom. The quantitative estimate of drug-likeness (QED) is 0.527. The molecule has 8 heteroatoms. The summed E-state index contributed by atoms with van der Waals surface area (Å²) in [6, 6.07) is 9.05. The number of ether oxygens (including phenoxy) is 2. The van der Waals surface area contributed by atoms with Crippen molar-refractivity contribution in [3.8, 4) is 11.8 Å². The Morgan fingerprint density at radius 2 is 2.07 bits per heavy atom. The molecular weight excluding hydrogens is 402 g/mol. The van der Waals surface area contributed by atoms with Gasteiger partial charge < -0.3 is 14.8 Å². The van der Waals surface area contributed by atoms with Crippen LogP contribution in [0.25, 0.3) is 0 Å². The van der Waals surface area contributed by atoms with E-state index in [1.807, 2.05) is 19.1 Å².